The Bertz CT molecular complexity index is 672. The zero-order valence-electron chi connectivity index (χ0n) is 12.4. The van der Waals surface area contributed by atoms with E-state index in [0.717, 1.165) is 25.2 Å². The standard InChI is InChI=1S/C15H20N4O2S/c1-16-22(20,21)14-8-9-15(19-12-14)18-11-5-10-17-13-6-3-2-4-7-13/h2-4,6-9,12,16-17H,5,10-11H2,1H3,(H,18,19). The lowest BCUT2D eigenvalue weighted by molar-refractivity contribution is 0.588. The van der Waals surface area contributed by atoms with Crippen molar-refractivity contribution in [2.24, 2.45) is 0 Å². The molecule has 3 N–H and O–H groups in total. The lowest BCUT2D eigenvalue weighted by atomic mass is 10.3. The van der Waals surface area contributed by atoms with Crippen LogP contribution in [0.15, 0.2) is 53.6 Å². The van der Waals surface area contributed by atoms with E-state index in [9.17, 15) is 8.42 Å². The van der Waals surface area contributed by atoms with Crippen LogP contribution in [0.5, 0.6) is 0 Å². The van der Waals surface area contributed by atoms with Gasteiger partial charge >= 0.3 is 0 Å². The average molecular weight is 320 g/mol. The maximum absolute atomic E-state index is 11.6. The molecule has 2 rings (SSSR count). The Balaban J connectivity index is 1.73. The van der Waals surface area contributed by atoms with Gasteiger partial charge < -0.3 is 10.6 Å². The molecule has 0 radical (unpaired) electrons. The topological polar surface area (TPSA) is 83.1 Å². The van der Waals surface area contributed by atoms with Crippen molar-refractivity contribution in [2.45, 2.75) is 11.3 Å². The van der Waals surface area contributed by atoms with Crippen LogP contribution in [0.4, 0.5) is 11.5 Å². The Morgan fingerprint density at radius 3 is 2.36 bits per heavy atom. The van der Waals surface area contributed by atoms with Crippen molar-refractivity contribution in [3.8, 4) is 0 Å². The molecular formula is C15H20N4O2S. The molecule has 0 bridgehead atoms. The van der Waals surface area contributed by atoms with Gasteiger partial charge in [0.05, 0.1) is 0 Å². The normalized spacial score (nSPS) is 11.1. The fraction of sp³-hybridized carbons (Fsp3) is 0.267. The Morgan fingerprint density at radius 1 is 1.00 bits per heavy atom. The number of nitrogens with zero attached hydrogens (tertiary/aromatic N) is 1. The van der Waals surface area contributed by atoms with Crippen LogP contribution in [0.2, 0.25) is 0 Å². The lowest BCUT2D eigenvalue weighted by Gasteiger charge is -2.08. The van der Waals surface area contributed by atoms with Crippen LogP contribution >= 0.6 is 0 Å². The second kappa shape index (κ2) is 7.77. The number of rotatable bonds is 8. The van der Waals surface area contributed by atoms with Gasteiger partial charge in [0.1, 0.15) is 10.7 Å². The summed E-state index contributed by atoms with van der Waals surface area (Å²) in [5, 5.41) is 6.48. The van der Waals surface area contributed by atoms with Crippen molar-refractivity contribution in [2.75, 3.05) is 30.8 Å². The highest BCUT2D eigenvalue weighted by molar-refractivity contribution is 7.89. The van der Waals surface area contributed by atoms with E-state index in [1.54, 1.807) is 6.07 Å². The summed E-state index contributed by atoms with van der Waals surface area (Å²) in [5.41, 5.74) is 1.10. The van der Waals surface area contributed by atoms with Gasteiger partial charge in [-0.2, -0.15) is 0 Å². The fourth-order valence-electron chi connectivity index (χ4n) is 1.86. The van der Waals surface area contributed by atoms with E-state index in [0.29, 0.717) is 5.82 Å². The number of pyridine rings is 1. The summed E-state index contributed by atoms with van der Waals surface area (Å²) in [7, 11) is -2.05. The van der Waals surface area contributed by atoms with Crippen LogP contribution in [-0.2, 0) is 10.0 Å². The number of hydrogen-bond acceptors (Lipinski definition) is 5. The highest BCUT2D eigenvalue weighted by Gasteiger charge is 2.10. The van der Waals surface area contributed by atoms with Gasteiger partial charge in [0.25, 0.3) is 0 Å². The van der Waals surface area contributed by atoms with Crippen LogP contribution in [0.25, 0.3) is 0 Å². The number of aromatic nitrogens is 1. The Kier molecular flexibility index (Phi) is 5.74. The first-order chi connectivity index (χ1) is 10.6. The third-order valence-electron chi connectivity index (χ3n) is 3.08. The molecule has 1 aromatic heterocycles. The van der Waals surface area contributed by atoms with Gasteiger partial charge in [0, 0.05) is 25.0 Å². The van der Waals surface area contributed by atoms with Gasteiger partial charge in [-0.1, -0.05) is 18.2 Å². The molecule has 0 spiro atoms. The largest absolute Gasteiger partial charge is 0.385 e. The van der Waals surface area contributed by atoms with Crippen molar-refractivity contribution >= 4 is 21.5 Å². The monoisotopic (exact) mass is 320 g/mol. The van der Waals surface area contributed by atoms with Crippen LogP contribution in [0.1, 0.15) is 6.42 Å². The molecule has 0 aliphatic rings. The lowest BCUT2D eigenvalue weighted by Crippen LogP contribution is -2.18. The predicted octanol–water partition coefficient (Wildman–Crippen LogP) is 1.90. The highest BCUT2D eigenvalue weighted by atomic mass is 32.2. The zero-order valence-corrected chi connectivity index (χ0v) is 13.2. The van der Waals surface area contributed by atoms with E-state index in [1.165, 1.54) is 19.3 Å². The van der Waals surface area contributed by atoms with Crippen molar-refractivity contribution in [3.63, 3.8) is 0 Å². The molecule has 1 aromatic carbocycles. The van der Waals surface area contributed by atoms with E-state index in [2.05, 4.69) is 20.3 Å². The van der Waals surface area contributed by atoms with Gasteiger partial charge in [0.15, 0.2) is 0 Å². The minimum absolute atomic E-state index is 0.159. The first kappa shape index (κ1) is 16.3. The minimum Gasteiger partial charge on any atom is -0.385 e. The van der Waals surface area contributed by atoms with E-state index < -0.39 is 10.0 Å². The van der Waals surface area contributed by atoms with Gasteiger partial charge in [-0.3, -0.25) is 0 Å². The number of benzene rings is 1. The average Bonchev–Trinajstić information content (AvgIpc) is 2.56. The van der Waals surface area contributed by atoms with Crippen molar-refractivity contribution in [3.05, 3.63) is 48.7 Å². The minimum atomic E-state index is -3.42. The maximum atomic E-state index is 11.6. The molecule has 2 aromatic rings. The molecule has 0 amide bonds. The van der Waals surface area contributed by atoms with Gasteiger partial charge in [0.2, 0.25) is 10.0 Å². The maximum Gasteiger partial charge on any atom is 0.241 e. The van der Waals surface area contributed by atoms with Crippen molar-refractivity contribution in [1.29, 1.82) is 0 Å². The van der Waals surface area contributed by atoms with Crippen LogP contribution < -0.4 is 15.4 Å². The second-order valence-corrected chi connectivity index (χ2v) is 6.55. The van der Waals surface area contributed by atoms with Crippen molar-refractivity contribution in [1.82, 2.24) is 9.71 Å². The molecule has 0 unspecified atom stereocenters. The van der Waals surface area contributed by atoms with E-state index in [1.807, 2.05) is 30.3 Å². The second-order valence-electron chi connectivity index (χ2n) is 4.66. The molecule has 6 nitrogen and oxygen atoms in total. The molecule has 0 aliphatic heterocycles. The van der Waals surface area contributed by atoms with Gasteiger partial charge in [-0.05, 0) is 37.7 Å². The Labute approximate surface area is 131 Å². The molecule has 22 heavy (non-hydrogen) atoms. The summed E-state index contributed by atoms with van der Waals surface area (Å²) in [6, 6.07) is 13.2. The molecule has 0 atom stereocenters. The van der Waals surface area contributed by atoms with Crippen LogP contribution in [0.3, 0.4) is 0 Å². The number of nitrogens with one attached hydrogen (secondary N) is 3. The van der Waals surface area contributed by atoms with Crippen LogP contribution in [-0.4, -0.2) is 33.5 Å². The summed E-state index contributed by atoms with van der Waals surface area (Å²) in [6.45, 7) is 1.61. The molecular weight excluding hydrogens is 300 g/mol. The van der Waals surface area contributed by atoms with E-state index in [-0.39, 0.29) is 4.90 Å². The molecule has 118 valence electrons. The van der Waals surface area contributed by atoms with Crippen molar-refractivity contribution < 1.29 is 8.42 Å². The summed E-state index contributed by atoms with van der Waals surface area (Å²) >= 11 is 0. The fourth-order valence-corrected chi connectivity index (χ4v) is 2.53. The Hall–Kier alpha value is -2.12. The summed E-state index contributed by atoms with van der Waals surface area (Å²) in [4.78, 5) is 4.26. The quantitative estimate of drug-likeness (QED) is 0.647. The van der Waals surface area contributed by atoms with Gasteiger partial charge in [-0.25, -0.2) is 18.1 Å². The highest BCUT2D eigenvalue weighted by Crippen LogP contribution is 2.10. The SMILES string of the molecule is CNS(=O)(=O)c1ccc(NCCCNc2ccccc2)nc1. The van der Waals surface area contributed by atoms with E-state index in [4.69, 9.17) is 0 Å². The summed E-state index contributed by atoms with van der Waals surface area (Å²) in [5.74, 6) is 0.662. The molecule has 0 saturated carbocycles. The molecule has 0 aliphatic carbocycles. The summed E-state index contributed by atoms with van der Waals surface area (Å²) in [6.07, 6.45) is 2.27. The number of hydrogen-bond donors (Lipinski definition) is 3. The summed E-state index contributed by atoms with van der Waals surface area (Å²) < 4.78 is 25.4. The Morgan fingerprint density at radius 2 is 1.73 bits per heavy atom. The number of anilines is 2. The third kappa shape index (κ3) is 4.71. The first-order valence-corrected chi connectivity index (χ1v) is 8.52. The molecule has 1 heterocycles. The van der Waals surface area contributed by atoms with E-state index >= 15 is 0 Å². The predicted molar refractivity (Wildman–Crippen MR) is 88.5 cm³/mol. The van der Waals surface area contributed by atoms with Crippen LogP contribution in [0, 0.1) is 0 Å². The molecule has 0 fully saturated rings. The smallest absolute Gasteiger partial charge is 0.241 e. The zero-order chi connectivity index (χ0) is 15.8. The van der Waals surface area contributed by atoms with Gasteiger partial charge in [-0.15, -0.1) is 0 Å². The third-order valence-corrected chi connectivity index (χ3v) is 4.48. The first-order valence-electron chi connectivity index (χ1n) is 7.04. The molecule has 7 heteroatoms. The molecule has 0 saturated heterocycles. The number of para-hydroxylation sites is 1. The number of sulfonamides is 1.